The molecule has 0 fully saturated rings. The van der Waals surface area contributed by atoms with E-state index in [2.05, 4.69) is 43.5 Å². The average molecular weight is 396 g/mol. The Hall–Kier alpha value is -2.30. The van der Waals surface area contributed by atoms with E-state index in [1.54, 1.807) is 13.2 Å². The number of rotatable bonds is 9. The van der Waals surface area contributed by atoms with Gasteiger partial charge in [0.1, 0.15) is 0 Å². The summed E-state index contributed by atoms with van der Waals surface area (Å²) in [5.41, 5.74) is 6.34. The minimum absolute atomic E-state index is 0.0356. The van der Waals surface area contributed by atoms with Gasteiger partial charge in [-0.2, -0.15) is 0 Å². The molecule has 4 heteroatoms. The third-order valence-corrected chi connectivity index (χ3v) is 6.13. The maximum Gasteiger partial charge on any atom is 0.160 e. The van der Waals surface area contributed by atoms with E-state index in [4.69, 9.17) is 9.84 Å². The van der Waals surface area contributed by atoms with Crippen LogP contribution in [0.25, 0.3) is 5.57 Å². The molecule has 1 aliphatic rings. The van der Waals surface area contributed by atoms with E-state index in [9.17, 15) is 5.11 Å². The van der Waals surface area contributed by atoms with Crippen molar-refractivity contribution in [3.05, 3.63) is 65.2 Å². The van der Waals surface area contributed by atoms with Gasteiger partial charge in [0.15, 0.2) is 11.5 Å². The van der Waals surface area contributed by atoms with E-state index < -0.39 is 0 Å². The normalized spacial score (nSPS) is 14.1. The van der Waals surface area contributed by atoms with Crippen LogP contribution in [0.15, 0.2) is 43.0 Å². The first-order chi connectivity index (χ1) is 13.9. The zero-order valence-corrected chi connectivity index (χ0v) is 17.9. The summed E-state index contributed by atoms with van der Waals surface area (Å²) in [5, 5.41) is 18.9. The van der Waals surface area contributed by atoms with Crippen LogP contribution in [-0.2, 0) is 19.5 Å². The standard InChI is InChI=1S/C25H33NO3/c1-18(7-6-14-27)21-9-5-8-20-16-26(17-22(20)21)25(2,3)13-12-19-10-11-23(28)24(15-19)29-4/h5,8-11,15,27-28H,1,6-7,12-14,16-17H2,2-4H3. The Bertz CT molecular complexity index is 872. The number of phenolic OH excluding ortho intramolecular Hbond substituents is 1. The number of aliphatic hydroxyl groups excluding tert-OH is 1. The van der Waals surface area contributed by atoms with Crippen LogP contribution >= 0.6 is 0 Å². The highest BCUT2D eigenvalue weighted by Crippen LogP contribution is 2.36. The predicted molar refractivity (Wildman–Crippen MR) is 118 cm³/mol. The summed E-state index contributed by atoms with van der Waals surface area (Å²) >= 11 is 0. The third-order valence-electron chi connectivity index (χ3n) is 6.13. The highest BCUT2D eigenvalue weighted by Gasteiger charge is 2.32. The number of hydrogen-bond donors (Lipinski definition) is 2. The van der Waals surface area contributed by atoms with Crippen molar-refractivity contribution >= 4 is 5.57 Å². The Morgan fingerprint density at radius 1 is 1.21 bits per heavy atom. The van der Waals surface area contributed by atoms with E-state index >= 15 is 0 Å². The predicted octanol–water partition coefficient (Wildman–Crippen LogP) is 4.91. The summed E-state index contributed by atoms with van der Waals surface area (Å²) in [5.74, 6) is 0.708. The van der Waals surface area contributed by atoms with Crippen molar-refractivity contribution in [1.29, 1.82) is 0 Å². The largest absolute Gasteiger partial charge is 0.504 e. The first-order valence-corrected chi connectivity index (χ1v) is 10.4. The fourth-order valence-electron chi connectivity index (χ4n) is 4.09. The Balaban J connectivity index is 1.69. The van der Waals surface area contributed by atoms with E-state index in [1.165, 1.54) is 22.3 Å². The van der Waals surface area contributed by atoms with Gasteiger partial charge in [0.05, 0.1) is 7.11 Å². The first-order valence-electron chi connectivity index (χ1n) is 10.4. The van der Waals surface area contributed by atoms with Crippen molar-refractivity contribution in [3.63, 3.8) is 0 Å². The lowest BCUT2D eigenvalue weighted by Gasteiger charge is -2.35. The summed E-state index contributed by atoms with van der Waals surface area (Å²) in [4.78, 5) is 2.54. The number of methoxy groups -OCH3 is 1. The van der Waals surface area contributed by atoms with Gasteiger partial charge in [0, 0.05) is 25.2 Å². The average Bonchev–Trinajstić information content (AvgIpc) is 3.16. The van der Waals surface area contributed by atoms with E-state index in [1.807, 2.05) is 12.1 Å². The maximum absolute atomic E-state index is 9.81. The third kappa shape index (κ3) is 4.82. The van der Waals surface area contributed by atoms with Crippen LogP contribution in [0.2, 0.25) is 0 Å². The van der Waals surface area contributed by atoms with Crippen molar-refractivity contribution in [2.75, 3.05) is 13.7 Å². The second-order valence-electron chi connectivity index (χ2n) is 8.55. The monoisotopic (exact) mass is 395 g/mol. The fourth-order valence-corrected chi connectivity index (χ4v) is 4.09. The molecular formula is C25H33NO3. The Morgan fingerprint density at radius 3 is 2.72 bits per heavy atom. The molecule has 0 saturated carbocycles. The van der Waals surface area contributed by atoms with Crippen LogP contribution in [0.1, 0.15) is 55.4 Å². The van der Waals surface area contributed by atoms with E-state index in [0.29, 0.717) is 5.75 Å². The summed E-state index contributed by atoms with van der Waals surface area (Å²) < 4.78 is 5.24. The minimum atomic E-state index is 0.0356. The van der Waals surface area contributed by atoms with Crippen molar-refractivity contribution < 1.29 is 14.9 Å². The smallest absolute Gasteiger partial charge is 0.160 e. The van der Waals surface area contributed by atoms with Crippen LogP contribution in [0.4, 0.5) is 0 Å². The molecule has 2 aromatic carbocycles. The Labute approximate surface area is 174 Å². The molecule has 0 saturated heterocycles. The lowest BCUT2D eigenvalue weighted by Crippen LogP contribution is -2.40. The number of allylic oxidation sites excluding steroid dienone is 1. The molecule has 29 heavy (non-hydrogen) atoms. The van der Waals surface area contributed by atoms with Gasteiger partial charge >= 0.3 is 0 Å². The fraction of sp³-hybridized carbons (Fsp3) is 0.440. The molecule has 0 amide bonds. The molecule has 3 rings (SSSR count). The maximum atomic E-state index is 9.81. The van der Waals surface area contributed by atoms with Crippen LogP contribution in [0.3, 0.4) is 0 Å². The molecule has 2 aromatic rings. The van der Waals surface area contributed by atoms with Gasteiger partial charge in [0.2, 0.25) is 0 Å². The zero-order chi connectivity index (χ0) is 21.0. The Kier molecular flexibility index (Phi) is 6.66. The number of aryl methyl sites for hydroxylation is 1. The molecule has 0 spiro atoms. The van der Waals surface area contributed by atoms with Crippen molar-refractivity contribution in [2.45, 2.75) is 58.2 Å². The van der Waals surface area contributed by atoms with Crippen LogP contribution < -0.4 is 4.74 Å². The lowest BCUT2D eigenvalue weighted by atomic mass is 9.93. The van der Waals surface area contributed by atoms with Gasteiger partial charge in [-0.05, 0) is 79.5 Å². The van der Waals surface area contributed by atoms with Gasteiger partial charge < -0.3 is 14.9 Å². The number of aliphatic hydroxyl groups is 1. The molecule has 156 valence electrons. The molecule has 0 aliphatic carbocycles. The van der Waals surface area contributed by atoms with Crippen molar-refractivity contribution in [2.24, 2.45) is 0 Å². The molecular weight excluding hydrogens is 362 g/mol. The van der Waals surface area contributed by atoms with Crippen molar-refractivity contribution in [1.82, 2.24) is 4.90 Å². The number of phenols is 1. The number of aromatic hydroxyl groups is 1. The number of fused-ring (bicyclic) bond motifs is 1. The van der Waals surface area contributed by atoms with Gasteiger partial charge in [-0.3, -0.25) is 4.90 Å². The number of nitrogens with zero attached hydrogens (tertiary/aromatic N) is 1. The molecule has 0 atom stereocenters. The number of ether oxygens (including phenoxy) is 1. The first kappa shape index (κ1) is 21.4. The summed E-state index contributed by atoms with van der Waals surface area (Å²) in [6.07, 6.45) is 3.52. The quantitative estimate of drug-likeness (QED) is 0.633. The van der Waals surface area contributed by atoms with Gasteiger partial charge in [-0.1, -0.05) is 30.8 Å². The topological polar surface area (TPSA) is 52.9 Å². The second kappa shape index (κ2) is 9.02. The lowest BCUT2D eigenvalue weighted by molar-refractivity contribution is 0.109. The molecule has 0 bridgehead atoms. The molecule has 1 aliphatic heterocycles. The zero-order valence-electron chi connectivity index (χ0n) is 17.9. The Morgan fingerprint density at radius 2 is 2.00 bits per heavy atom. The molecule has 0 aromatic heterocycles. The van der Waals surface area contributed by atoms with E-state index in [0.717, 1.165) is 44.3 Å². The summed E-state index contributed by atoms with van der Waals surface area (Å²) in [6.45, 7) is 10.9. The molecule has 1 heterocycles. The van der Waals surface area contributed by atoms with E-state index in [-0.39, 0.29) is 17.9 Å². The summed E-state index contributed by atoms with van der Waals surface area (Å²) in [6, 6.07) is 12.1. The molecule has 4 nitrogen and oxygen atoms in total. The molecule has 2 N–H and O–H groups in total. The number of benzene rings is 2. The van der Waals surface area contributed by atoms with Crippen LogP contribution in [-0.4, -0.2) is 34.4 Å². The van der Waals surface area contributed by atoms with Gasteiger partial charge in [-0.25, -0.2) is 0 Å². The minimum Gasteiger partial charge on any atom is -0.504 e. The second-order valence-corrected chi connectivity index (χ2v) is 8.55. The van der Waals surface area contributed by atoms with Crippen molar-refractivity contribution in [3.8, 4) is 11.5 Å². The highest BCUT2D eigenvalue weighted by molar-refractivity contribution is 5.68. The van der Waals surface area contributed by atoms with Gasteiger partial charge in [-0.15, -0.1) is 0 Å². The van der Waals surface area contributed by atoms with Gasteiger partial charge in [0.25, 0.3) is 0 Å². The molecule has 0 unspecified atom stereocenters. The van der Waals surface area contributed by atoms with Crippen LogP contribution in [0.5, 0.6) is 11.5 Å². The van der Waals surface area contributed by atoms with Crippen LogP contribution in [0, 0.1) is 0 Å². The molecule has 0 radical (unpaired) electrons. The number of hydrogen-bond acceptors (Lipinski definition) is 4. The SMILES string of the molecule is C=C(CCCO)c1cccc2c1CN(C(C)(C)CCc1ccc(O)c(OC)c1)C2. The summed E-state index contributed by atoms with van der Waals surface area (Å²) in [7, 11) is 1.58. The highest BCUT2D eigenvalue weighted by atomic mass is 16.5.